The van der Waals surface area contributed by atoms with Gasteiger partial charge in [-0.3, -0.25) is 0 Å². The van der Waals surface area contributed by atoms with Gasteiger partial charge in [-0.15, -0.1) is 0 Å². The number of hydrogen-bond donors (Lipinski definition) is 0. The van der Waals surface area contributed by atoms with Gasteiger partial charge in [-0.05, 0) is 24.4 Å². The van der Waals surface area contributed by atoms with E-state index in [0.29, 0.717) is 0 Å². The molecule has 0 aromatic carbocycles. The molecule has 17 heavy (non-hydrogen) atoms. The Morgan fingerprint density at radius 1 is 1.24 bits per heavy atom. The molecule has 0 aliphatic rings. The summed E-state index contributed by atoms with van der Waals surface area (Å²) in [7, 11) is -2.00. The smallest absolute Gasteiger partial charge is 0.225 e. The topological polar surface area (TPSA) is 63.2 Å². The maximum atomic E-state index is 12.2. The minimum absolute atomic E-state index is 0.0310. The normalized spacial score (nSPS) is 14.3. The van der Waals surface area contributed by atoms with Crippen LogP contribution in [0.4, 0.5) is 0 Å². The highest BCUT2D eigenvalue weighted by atomic mass is 35.5. The molecule has 0 amide bonds. The largest absolute Gasteiger partial charge is 0.246 e. The lowest BCUT2D eigenvalue weighted by atomic mass is 10.1. The van der Waals surface area contributed by atoms with Gasteiger partial charge in [0.25, 0.3) is 0 Å². The maximum absolute atomic E-state index is 12.2. The van der Waals surface area contributed by atoms with Crippen molar-refractivity contribution in [3.05, 3.63) is 17.7 Å². The van der Waals surface area contributed by atoms with E-state index in [9.17, 15) is 8.42 Å². The predicted molar refractivity (Wildman–Crippen MR) is 66.3 cm³/mol. The van der Waals surface area contributed by atoms with E-state index in [4.69, 9.17) is 11.6 Å². The quantitative estimate of drug-likeness (QED) is 0.787. The molecule has 0 aliphatic heterocycles. The fourth-order valence-corrected chi connectivity index (χ4v) is 2.72. The van der Waals surface area contributed by atoms with E-state index < -0.39 is 10.0 Å². The van der Waals surface area contributed by atoms with Crippen molar-refractivity contribution in [1.82, 2.24) is 14.3 Å². The highest BCUT2D eigenvalue weighted by Crippen LogP contribution is 2.19. The first kappa shape index (κ1) is 14.3. The Morgan fingerprint density at radius 3 is 2.12 bits per heavy atom. The Kier molecular flexibility index (Phi) is 4.46. The van der Waals surface area contributed by atoms with Crippen LogP contribution < -0.4 is 0 Å². The highest BCUT2D eigenvalue weighted by molar-refractivity contribution is 7.89. The van der Waals surface area contributed by atoms with Gasteiger partial charge in [0, 0.05) is 13.1 Å². The third-order valence-electron chi connectivity index (χ3n) is 2.81. The second kappa shape index (κ2) is 5.29. The van der Waals surface area contributed by atoms with Crippen molar-refractivity contribution in [2.75, 3.05) is 7.05 Å². The summed E-state index contributed by atoms with van der Waals surface area (Å²) in [4.78, 5) is 7.41. The molecular formula is C10H16ClN3O2S. The summed E-state index contributed by atoms with van der Waals surface area (Å²) in [5, 5.41) is 0.0310. The molecule has 96 valence electrons. The van der Waals surface area contributed by atoms with E-state index in [0.717, 1.165) is 0 Å². The zero-order valence-electron chi connectivity index (χ0n) is 10.3. The van der Waals surface area contributed by atoms with Crippen molar-refractivity contribution in [3.8, 4) is 0 Å². The molecule has 1 rings (SSSR count). The van der Waals surface area contributed by atoms with Crippen LogP contribution in [0.1, 0.15) is 20.8 Å². The van der Waals surface area contributed by atoms with Crippen molar-refractivity contribution in [2.45, 2.75) is 31.7 Å². The Hall–Kier alpha value is -0.720. The van der Waals surface area contributed by atoms with Crippen LogP contribution >= 0.6 is 11.6 Å². The Balaban J connectivity index is 3.07. The summed E-state index contributed by atoms with van der Waals surface area (Å²) in [5.41, 5.74) is 0. The van der Waals surface area contributed by atoms with Crippen LogP contribution in [0.3, 0.4) is 0 Å². The van der Waals surface area contributed by atoms with Crippen molar-refractivity contribution < 1.29 is 8.42 Å². The Labute approximate surface area is 107 Å². The third-order valence-corrected chi connectivity index (χ3v) is 4.90. The maximum Gasteiger partial charge on any atom is 0.246 e. The van der Waals surface area contributed by atoms with Gasteiger partial charge in [0.15, 0.2) is 0 Å². The van der Waals surface area contributed by atoms with Crippen LogP contribution in [0, 0.1) is 5.92 Å². The molecule has 0 saturated carbocycles. The van der Waals surface area contributed by atoms with Gasteiger partial charge in [0.05, 0.1) is 12.4 Å². The highest BCUT2D eigenvalue weighted by Gasteiger charge is 2.27. The lowest BCUT2D eigenvalue weighted by Crippen LogP contribution is -2.38. The van der Waals surface area contributed by atoms with Gasteiger partial charge < -0.3 is 0 Å². The summed E-state index contributed by atoms with van der Waals surface area (Å²) < 4.78 is 25.7. The average molecular weight is 278 g/mol. The van der Waals surface area contributed by atoms with Crippen LogP contribution in [0.15, 0.2) is 17.3 Å². The van der Waals surface area contributed by atoms with Gasteiger partial charge in [0.1, 0.15) is 4.90 Å². The number of rotatable bonds is 4. The lowest BCUT2D eigenvalue weighted by molar-refractivity contribution is 0.315. The van der Waals surface area contributed by atoms with Crippen molar-refractivity contribution >= 4 is 21.6 Å². The summed E-state index contributed by atoms with van der Waals surface area (Å²) in [6, 6.07) is -0.101. The van der Waals surface area contributed by atoms with Crippen molar-refractivity contribution in [1.29, 1.82) is 0 Å². The molecular weight excluding hydrogens is 262 g/mol. The number of hydrogen-bond acceptors (Lipinski definition) is 4. The molecule has 7 heteroatoms. The molecule has 0 fully saturated rings. The van der Waals surface area contributed by atoms with Crippen molar-refractivity contribution in [2.24, 2.45) is 5.92 Å². The van der Waals surface area contributed by atoms with Crippen LogP contribution in [-0.2, 0) is 10.0 Å². The number of sulfonamides is 1. The molecule has 1 unspecified atom stereocenters. The number of nitrogens with zero attached hydrogens (tertiary/aromatic N) is 3. The number of halogens is 1. The van der Waals surface area contributed by atoms with E-state index in [-0.39, 0.29) is 22.1 Å². The second-order valence-corrected chi connectivity index (χ2v) is 6.53. The minimum atomic E-state index is -3.55. The summed E-state index contributed by atoms with van der Waals surface area (Å²) in [6.07, 6.45) is 2.43. The summed E-state index contributed by atoms with van der Waals surface area (Å²) in [6.45, 7) is 5.79. The number of aromatic nitrogens is 2. The fraction of sp³-hybridized carbons (Fsp3) is 0.600. The first-order valence-electron chi connectivity index (χ1n) is 5.22. The zero-order chi connectivity index (χ0) is 13.2. The molecule has 1 aromatic heterocycles. The van der Waals surface area contributed by atoms with Crippen LogP contribution in [-0.4, -0.2) is 35.8 Å². The zero-order valence-corrected chi connectivity index (χ0v) is 11.8. The van der Waals surface area contributed by atoms with Gasteiger partial charge in [-0.1, -0.05) is 13.8 Å². The molecule has 5 nitrogen and oxygen atoms in total. The van der Waals surface area contributed by atoms with Gasteiger partial charge in [-0.25, -0.2) is 18.4 Å². The molecule has 0 aliphatic carbocycles. The SMILES string of the molecule is CC(C)C(C)N(C)S(=O)(=O)c1cnc(Cl)nc1. The standard InChI is InChI=1S/C10H16ClN3O2S/c1-7(2)8(3)14(4)17(15,16)9-5-12-10(11)13-6-9/h5-8H,1-4H3. The molecule has 0 spiro atoms. The lowest BCUT2D eigenvalue weighted by Gasteiger charge is -2.26. The molecule has 0 N–H and O–H groups in total. The molecule has 1 heterocycles. The van der Waals surface area contributed by atoms with Crippen molar-refractivity contribution in [3.63, 3.8) is 0 Å². The molecule has 0 saturated heterocycles. The van der Waals surface area contributed by atoms with E-state index >= 15 is 0 Å². The van der Waals surface area contributed by atoms with Crippen LogP contribution in [0.25, 0.3) is 0 Å². The molecule has 1 aromatic rings. The minimum Gasteiger partial charge on any atom is -0.225 e. The van der Waals surface area contributed by atoms with E-state index in [2.05, 4.69) is 9.97 Å². The van der Waals surface area contributed by atoms with Gasteiger partial charge in [0.2, 0.25) is 15.3 Å². The molecule has 1 atom stereocenters. The van der Waals surface area contributed by atoms with E-state index in [1.54, 1.807) is 7.05 Å². The van der Waals surface area contributed by atoms with Gasteiger partial charge in [-0.2, -0.15) is 4.31 Å². The third kappa shape index (κ3) is 3.14. The molecule has 0 bridgehead atoms. The monoisotopic (exact) mass is 277 g/mol. The molecule has 0 radical (unpaired) electrons. The Bertz CT molecular complexity index is 473. The summed E-state index contributed by atoms with van der Waals surface area (Å²) >= 11 is 5.52. The summed E-state index contributed by atoms with van der Waals surface area (Å²) in [5.74, 6) is 0.225. The first-order valence-corrected chi connectivity index (χ1v) is 7.04. The van der Waals surface area contributed by atoms with Crippen LogP contribution in [0.2, 0.25) is 5.28 Å². The van der Waals surface area contributed by atoms with E-state index in [1.165, 1.54) is 16.7 Å². The van der Waals surface area contributed by atoms with Crippen LogP contribution in [0.5, 0.6) is 0 Å². The fourth-order valence-electron chi connectivity index (χ4n) is 1.24. The first-order chi connectivity index (χ1) is 7.76. The van der Waals surface area contributed by atoms with E-state index in [1.807, 2.05) is 20.8 Å². The predicted octanol–water partition coefficient (Wildman–Crippen LogP) is 1.79. The Morgan fingerprint density at radius 2 is 1.71 bits per heavy atom. The second-order valence-electron chi connectivity index (χ2n) is 4.19. The average Bonchev–Trinajstić information content (AvgIpc) is 2.27. The van der Waals surface area contributed by atoms with Gasteiger partial charge >= 0.3 is 0 Å².